The van der Waals surface area contributed by atoms with Crippen LogP contribution in [0.15, 0.2) is 78.9 Å². The highest BCUT2D eigenvalue weighted by Gasteiger charge is 2.06. The van der Waals surface area contributed by atoms with Crippen LogP contribution < -0.4 is 5.32 Å². The van der Waals surface area contributed by atoms with Gasteiger partial charge in [0.2, 0.25) is 0 Å². The molecule has 3 heteroatoms. The average Bonchev–Trinajstić information content (AvgIpc) is 2.98. The highest BCUT2D eigenvalue weighted by Crippen LogP contribution is 2.31. The number of aromatic nitrogens is 1. The van der Waals surface area contributed by atoms with Crippen LogP contribution >= 0.6 is 11.3 Å². The lowest BCUT2D eigenvalue weighted by Crippen LogP contribution is -1.87. The van der Waals surface area contributed by atoms with E-state index in [4.69, 9.17) is 4.98 Å². The number of anilines is 2. The fourth-order valence-corrected chi connectivity index (χ4v) is 3.30. The quantitative estimate of drug-likeness (QED) is 0.524. The van der Waals surface area contributed by atoms with E-state index in [1.54, 1.807) is 11.3 Å². The minimum atomic E-state index is 0.923. The summed E-state index contributed by atoms with van der Waals surface area (Å²) in [6.45, 7) is 0. The number of hydrogen-bond donors (Lipinski definition) is 1. The Morgan fingerprint density at radius 3 is 2.23 bits per heavy atom. The summed E-state index contributed by atoms with van der Waals surface area (Å²) in [5.41, 5.74) is 4.51. The van der Waals surface area contributed by atoms with Gasteiger partial charge in [-0.05, 0) is 35.4 Å². The molecule has 3 aromatic carbocycles. The smallest absolute Gasteiger partial charge is 0.188 e. The molecule has 0 aliphatic carbocycles. The first-order chi connectivity index (χ1) is 10.9. The van der Waals surface area contributed by atoms with E-state index in [9.17, 15) is 0 Å². The third kappa shape index (κ3) is 2.59. The summed E-state index contributed by atoms with van der Waals surface area (Å²) < 4.78 is 1.19. The molecule has 0 aliphatic rings. The molecule has 22 heavy (non-hydrogen) atoms. The van der Waals surface area contributed by atoms with Crippen LogP contribution in [0.3, 0.4) is 0 Å². The minimum Gasteiger partial charge on any atom is -0.332 e. The molecule has 0 radical (unpaired) electrons. The van der Waals surface area contributed by atoms with E-state index in [2.05, 4.69) is 47.8 Å². The molecule has 0 amide bonds. The number of para-hydroxylation sites is 1. The molecule has 4 rings (SSSR count). The maximum atomic E-state index is 4.70. The zero-order chi connectivity index (χ0) is 14.8. The molecule has 2 nitrogen and oxygen atoms in total. The summed E-state index contributed by atoms with van der Waals surface area (Å²) in [6, 6.07) is 27.0. The number of fused-ring (bicyclic) bond motifs is 1. The SMILES string of the molecule is c1ccc(Nc2nc3cc(-c4ccccc4)ccc3s2)cc1. The maximum Gasteiger partial charge on any atom is 0.188 e. The van der Waals surface area contributed by atoms with Crippen molar-refractivity contribution >= 4 is 32.4 Å². The second kappa shape index (κ2) is 5.62. The molecule has 1 aromatic heterocycles. The molecule has 0 saturated heterocycles. The maximum absolute atomic E-state index is 4.70. The average molecular weight is 302 g/mol. The molecule has 0 aliphatic heterocycles. The fourth-order valence-electron chi connectivity index (χ4n) is 2.44. The molecule has 1 N–H and O–H groups in total. The van der Waals surface area contributed by atoms with Gasteiger partial charge in [0.25, 0.3) is 0 Å². The lowest BCUT2D eigenvalue weighted by atomic mass is 10.1. The van der Waals surface area contributed by atoms with Gasteiger partial charge < -0.3 is 5.32 Å². The van der Waals surface area contributed by atoms with Crippen LogP contribution in [-0.2, 0) is 0 Å². The third-order valence-electron chi connectivity index (χ3n) is 3.52. The number of benzene rings is 3. The Labute approximate surface area is 133 Å². The molecule has 0 saturated carbocycles. The number of nitrogens with one attached hydrogen (secondary N) is 1. The van der Waals surface area contributed by atoms with Crippen molar-refractivity contribution in [2.24, 2.45) is 0 Å². The van der Waals surface area contributed by atoms with Gasteiger partial charge in [-0.15, -0.1) is 0 Å². The molecule has 1 heterocycles. The van der Waals surface area contributed by atoms with E-state index >= 15 is 0 Å². The summed E-state index contributed by atoms with van der Waals surface area (Å²) in [4.78, 5) is 4.70. The van der Waals surface area contributed by atoms with Crippen LogP contribution in [-0.4, -0.2) is 4.98 Å². The van der Waals surface area contributed by atoms with Crippen LogP contribution in [0.25, 0.3) is 21.3 Å². The van der Waals surface area contributed by atoms with E-state index in [1.165, 1.54) is 15.8 Å². The Hall–Kier alpha value is -2.65. The lowest BCUT2D eigenvalue weighted by molar-refractivity contribution is 1.44. The second-order valence-electron chi connectivity index (χ2n) is 5.06. The van der Waals surface area contributed by atoms with Gasteiger partial charge in [-0.2, -0.15) is 0 Å². The standard InChI is InChI=1S/C19H14N2S/c1-3-7-14(8-4-1)15-11-12-18-17(13-15)21-19(22-18)20-16-9-5-2-6-10-16/h1-13H,(H,20,21). The van der Waals surface area contributed by atoms with Crippen molar-refractivity contribution in [3.63, 3.8) is 0 Å². The minimum absolute atomic E-state index is 0.923. The van der Waals surface area contributed by atoms with Crippen LogP contribution in [0.1, 0.15) is 0 Å². The van der Waals surface area contributed by atoms with Crippen molar-refractivity contribution in [2.75, 3.05) is 5.32 Å². The Bertz CT molecular complexity index is 899. The molecule has 4 aromatic rings. The van der Waals surface area contributed by atoms with Crippen molar-refractivity contribution < 1.29 is 0 Å². The van der Waals surface area contributed by atoms with Crippen molar-refractivity contribution in [1.82, 2.24) is 4.98 Å². The molecule has 0 unspecified atom stereocenters. The molecule has 106 valence electrons. The first-order valence-electron chi connectivity index (χ1n) is 7.16. The Balaban J connectivity index is 1.69. The zero-order valence-corrected chi connectivity index (χ0v) is 12.7. The van der Waals surface area contributed by atoms with Gasteiger partial charge in [-0.3, -0.25) is 0 Å². The van der Waals surface area contributed by atoms with E-state index in [1.807, 2.05) is 36.4 Å². The topological polar surface area (TPSA) is 24.9 Å². The number of hydrogen-bond acceptors (Lipinski definition) is 3. The molecular weight excluding hydrogens is 288 g/mol. The first kappa shape index (κ1) is 13.0. The van der Waals surface area contributed by atoms with Gasteiger partial charge >= 0.3 is 0 Å². The summed E-state index contributed by atoms with van der Waals surface area (Å²) in [5, 5.41) is 4.28. The summed E-state index contributed by atoms with van der Waals surface area (Å²) in [6.07, 6.45) is 0. The number of rotatable bonds is 3. The van der Waals surface area contributed by atoms with Gasteiger partial charge in [0.1, 0.15) is 0 Å². The zero-order valence-electron chi connectivity index (χ0n) is 11.9. The molecule has 0 fully saturated rings. The van der Waals surface area contributed by atoms with Gasteiger partial charge in [0, 0.05) is 5.69 Å². The van der Waals surface area contributed by atoms with Crippen LogP contribution in [0.2, 0.25) is 0 Å². The second-order valence-corrected chi connectivity index (χ2v) is 6.09. The molecule has 0 atom stereocenters. The first-order valence-corrected chi connectivity index (χ1v) is 7.98. The highest BCUT2D eigenvalue weighted by atomic mass is 32.1. The van der Waals surface area contributed by atoms with Crippen LogP contribution in [0.4, 0.5) is 10.8 Å². The highest BCUT2D eigenvalue weighted by molar-refractivity contribution is 7.22. The number of thiazole rings is 1. The van der Waals surface area contributed by atoms with Gasteiger partial charge in [-0.25, -0.2) is 4.98 Å². The predicted octanol–water partition coefficient (Wildman–Crippen LogP) is 5.71. The number of nitrogens with zero attached hydrogens (tertiary/aromatic N) is 1. The summed E-state index contributed by atoms with van der Waals surface area (Å²) >= 11 is 1.67. The Kier molecular flexibility index (Phi) is 3.33. The van der Waals surface area contributed by atoms with Crippen molar-refractivity contribution in [1.29, 1.82) is 0 Å². The predicted molar refractivity (Wildman–Crippen MR) is 94.8 cm³/mol. The van der Waals surface area contributed by atoms with Gasteiger partial charge in [0.05, 0.1) is 10.2 Å². The van der Waals surface area contributed by atoms with E-state index < -0.39 is 0 Å². The van der Waals surface area contributed by atoms with Crippen molar-refractivity contribution in [3.8, 4) is 11.1 Å². The monoisotopic (exact) mass is 302 g/mol. The summed E-state index contributed by atoms with van der Waals surface area (Å²) in [5.74, 6) is 0. The van der Waals surface area contributed by atoms with Crippen LogP contribution in [0, 0.1) is 0 Å². The molecule has 0 bridgehead atoms. The normalized spacial score (nSPS) is 10.7. The largest absolute Gasteiger partial charge is 0.332 e. The van der Waals surface area contributed by atoms with Crippen LogP contribution in [0.5, 0.6) is 0 Å². The van der Waals surface area contributed by atoms with E-state index in [0.29, 0.717) is 0 Å². The molecular formula is C19H14N2S. The summed E-state index contributed by atoms with van der Waals surface area (Å²) in [7, 11) is 0. The lowest BCUT2D eigenvalue weighted by Gasteiger charge is -2.00. The fraction of sp³-hybridized carbons (Fsp3) is 0. The van der Waals surface area contributed by atoms with Gasteiger partial charge in [0.15, 0.2) is 5.13 Å². The van der Waals surface area contributed by atoms with E-state index in [0.717, 1.165) is 16.3 Å². The molecule has 0 spiro atoms. The van der Waals surface area contributed by atoms with Gasteiger partial charge in [-0.1, -0.05) is 65.9 Å². The van der Waals surface area contributed by atoms with E-state index in [-0.39, 0.29) is 0 Å². The Morgan fingerprint density at radius 1 is 0.727 bits per heavy atom. The Morgan fingerprint density at radius 2 is 1.45 bits per heavy atom. The third-order valence-corrected chi connectivity index (χ3v) is 4.47. The van der Waals surface area contributed by atoms with Crippen molar-refractivity contribution in [3.05, 3.63) is 78.9 Å². The van der Waals surface area contributed by atoms with Crippen molar-refractivity contribution in [2.45, 2.75) is 0 Å².